The van der Waals surface area contributed by atoms with Gasteiger partial charge in [-0.15, -0.1) is 0 Å². The lowest BCUT2D eigenvalue weighted by Gasteiger charge is -2.07. The van der Waals surface area contributed by atoms with E-state index in [-0.39, 0.29) is 18.4 Å². The second-order valence-electron chi connectivity index (χ2n) is 6.32. The maximum Gasteiger partial charge on any atom is 0.344 e. The Labute approximate surface area is 161 Å². The third-order valence-electron chi connectivity index (χ3n) is 4.06. The minimum absolute atomic E-state index is 0.00120. The molecule has 9 heteroatoms. The largest absolute Gasteiger partial charge is 0.497 e. The molecular weight excluding hydrogens is 366 g/mol. The third kappa shape index (κ3) is 3.83. The standard InChI is InChI=1S/C19H21N3O6/c1-10(2)17-16(11(3)21-28-17)19(23)26-9-15-20-18(22-27-15)13-7-6-12(24-4)8-14(13)25-5/h6-8,10H,9H2,1-5H3. The summed E-state index contributed by atoms with van der Waals surface area (Å²) in [5.41, 5.74) is 1.43. The van der Waals surface area contributed by atoms with Crippen molar-refractivity contribution in [3.05, 3.63) is 41.1 Å². The van der Waals surface area contributed by atoms with Crippen LogP contribution in [0.5, 0.6) is 11.5 Å². The molecule has 28 heavy (non-hydrogen) atoms. The number of carbonyl (C=O) groups is 1. The molecule has 148 valence electrons. The van der Waals surface area contributed by atoms with Gasteiger partial charge in [-0.3, -0.25) is 0 Å². The van der Waals surface area contributed by atoms with Crippen LogP contribution in [0.25, 0.3) is 11.4 Å². The first-order valence-electron chi connectivity index (χ1n) is 8.62. The predicted octanol–water partition coefficient (Wildman–Crippen LogP) is 3.53. The quantitative estimate of drug-likeness (QED) is 0.562. The maximum absolute atomic E-state index is 12.4. The molecule has 0 unspecified atom stereocenters. The van der Waals surface area contributed by atoms with Crippen LogP contribution >= 0.6 is 0 Å². The third-order valence-corrected chi connectivity index (χ3v) is 4.06. The summed E-state index contributed by atoms with van der Waals surface area (Å²) < 4.78 is 26.2. The van der Waals surface area contributed by atoms with Crippen molar-refractivity contribution in [1.82, 2.24) is 15.3 Å². The number of methoxy groups -OCH3 is 2. The molecule has 0 aliphatic carbocycles. The molecule has 0 saturated carbocycles. The molecule has 0 bridgehead atoms. The van der Waals surface area contributed by atoms with Gasteiger partial charge in [0.1, 0.15) is 17.1 Å². The van der Waals surface area contributed by atoms with Crippen LogP contribution in [0.15, 0.2) is 27.2 Å². The second-order valence-corrected chi connectivity index (χ2v) is 6.32. The monoisotopic (exact) mass is 387 g/mol. The van der Waals surface area contributed by atoms with E-state index in [4.69, 9.17) is 23.3 Å². The summed E-state index contributed by atoms with van der Waals surface area (Å²) >= 11 is 0. The van der Waals surface area contributed by atoms with Gasteiger partial charge in [0.25, 0.3) is 5.89 Å². The summed E-state index contributed by atoms with van der Waals surface area (Å²) in [6, 6.07) is 5.23. The molecule has 9 nitrogen and oxygen atoms in total. The van der Waals surface area contributed by atoms with Gasteiger partial charge in [-0.25, -0.2) is 4.79 Å². The molecule has 2 heterocycles. The topological polar surface area (TPSA) is 110 Å². The van der Waals surface area contributed by atoms with Gasteiger partial charge in [0.05, 0.1) is 25.5 Å². The zero-order valence-corrected chi connectivity index (χ0v) is 16.3. The highest BCUT2D eigenvalue weighted by Gasteiger charge is 2.24. The van der Waals surface area contributed by atoms with Gasteiger partial charge in [-0.05, 0) is 19.1 Å². The van der Waals surface area contributed by atoms with Crippen molar-refractivity contribution in [3.63, 3.8) is 0 Å². The van der Waals surface area contributed by atoms with Crippen LogP contribution in [0, 0.1) is 6.92 Å². The summed E-state index contributed by atoms with van der Waals surface area (Å²) in [7, 11) is 3.10. The van der Waals surface area contributed by atoms with Gasteiger partial charge >= 0.3 is 5.97 Å². The van der Waals surface area contributed by atoms with Crippen LogP contribution in [0.3, 0.4) is 0 Å². The SMILES string of the molecule is COc1ccc(-c2noc(COC(=O)c3c(C)noc3C(C)C)n2)c(OC)c1. The molecule has 0 radical (unpaired) electrons. The smallest absolute Gasteiger partial charge is 0.344 e. The number of hydrogen-bond acceptors (Lipinski definition) is 9. The van der Waals surface area contributed by atoms with Crippen LogP contribution in [-0.4, -0.2) is 35.5 Å². The fourth-order valence-electron chi connectivity index (χ4n) is 2.64. The Bertz CT molecular complexity index is 976. The average Bonchev–Trinajstić information content (AvgIpc) is 3.32. The zero-order chi connectivity index (χ0) is 20.3. The lowest BCUT2D eigenvalue weighted by atomic mass is 10.1. The molecular formula is C19H21N3O6. The van der Waals surface area contributed by atoms with Gasteiger partial charge in [-0.1, -0.05) is 24.2 Å². The lowest BCUT2D eigenvalue weighted by Crippen LogP contribution is -2.09. The summed E-state index contributed by atoms with van der Waals surface area (Å²) in [5, 5.41) is 7.76. The summed E-state index contributed by atoms with van der Waals surface area (Å²) in [4.78, 5) is 16.7. The molecule has 1 aromatic carbocycles. The van der Waals surface area contributed by atoms with Crippen molar-refractivity contribution >= 4 is 5.97 Å². The maximum atomic E-state index is 12.4. The van der Waals surface area contributed by atoms with Crippen molar-refractivity contribution in [2.24, 2.45) is 0 Å². The van der Waals surface area contributed by atoms with Crippen LogP contribution in [0.1, 0.15) is 47.5 Å². The highest BCUT2D eigenvalue weighted by atomic mass is 16.6. The van der Waals surface area contributed by atoms with Gasteiger partial charge in [-0.2, -0.15) is 4.98 Å². The van der Waals surface area contributed by atoms with Gasteiger partial charge in [0.2, 0.25) is 5.82 Å². The zero-order valence-electron chi connectivity index (χ0n) is 16.3. The first kappa shape index (κ1) is 19.4. The number of rotatable bonds is 7. The number of carbonyl (C=O) groups excluding carboxylic acids is 1. The van der Waals surface area contributed by atoms with E-state index in [1.54, 1.807) is 32.2 Å². The van der Waals surface area contributed by atoms with E-state index in [1.807, 2.05) is 13.8 Å². The first-order chi connectivity index (χ1) is 13.4. The Morgan fingerprint density at radius 1 is 1.14 bits per heavy atom. The van der Waals surface area contributed by atoms with E-state index in [9.17, 15) is 4.79 Å². The van der Waals surface area contributed by atoms with E-state index in [2.05, 4.69) is 15.3 Å². The number of benzene rings is 1. The normalized spacial score (nSPS) is 10.9. The molecule has 0 amide bonds. The number of hydrogen-bond donors (Lipinski definition) is 0. The van der Waals surface area contributed by atoms with Gasteiger partial charge in [0.15, 0.2) is 12.4 Å². The molecule has 0 N–H and O–H groups in total. The Morgan fingerprint density at radius 2 is 1.93 bits per heavy atom. The number of esters is 1. The van der Waals surface area contributed by atoms with Crippen LogP contribution < -0.4 is 9.47 Å². The number of aromatic nitrogens is 3. The fourth-order valence-corrected chi connectivity index (χ4v) is 2.64. The van der Waals surface area contributed by atoms with Crippen molar-refractivity contribution in [1.29, 1.82) is 0 Å². The van der Waals surface area contributed by atoms with Gasteiger partial charge < -0.3 is 23.3 Å². The molecule has 3 aromatic rings. The van der Waals surface area contributed by atoms with Crippen LogP contribution in [0.4, 0.5) is 0 Å². The Morgan fingerprint density at radius 3 is 2.61 bits per heavy atom. The molecule has 0 atom stereocenters. The summed E-state index contributed by atoms with van der Waals surface area (Å²) in [6.07, 6.45) is 0. The van der Waals surface area contributed by atoms with Crippen LogP contribution in [-0.2, 0) is 11.3 Å². The Balaban J connectivity index is 1.74. The second kappa shape index (κ2) is 8.12. The minimum Gasteiger partial charge on any atom is -0.497 e. The van der Waals surface area contributed by atoms with E-state index in [1.165, 1.54) is 7.11 Å². The lowest BCUT2D eigenvalue weighted by molar-refractivity contribution is 0.0426. The number of ether oxygens (including phenoxy) is 3. The Kier molecular flexibility index (Phi) is 5.62. The molecule has 2 aromatic heterocycles. The molecule has 0 fully saturated rings. The molecule has 0 spiro atoms. The molecule has 0 aliphatic heterocycles. The van der Waals surface area contributed by atoms with Crippen molar-refractivity contribution < 1.29 is 28.1 Å². The Hall–Kier alpha value is -3.36. The van der Waals surface area contributed by atoms with Crippen molar-refractivity contribution in [2.45, 2.75) is 33.3 Å². The van der Waals surface area contributed by atoms with E-state index >= 15 is 0 Å². The van der Waals surface area contributed by atoms with Crippen LogP contribution in [0.2, 0.25) is 0 Å². The minimum atomic E-state index is -0.552. The highest BCUT2D eigenvalue weighted by Crippen LogP contribution is 2.31. The van der Waals surface area contributed by atoms with E-state index in [0.717, 1.165) is 0 Å². The van der Waals surface area contributed by atoms with Gasteiger partial charge in [0, 0.05) is 12.0 Å². The summed E-state index contributed by atoms with van der Waals surface area (Å²) in [6.45, 7) is 5.33. The van der Waals surface area contributed by atoms with E-state index in [0.29, 0.717) is 39.9 Å². The van der Waals surface area contributed by atoms with E-state index < -0.39 is 5.97 Å². The first-order valence-corrected chi connectivity index (χ1v) is 8.62. The average molecular weight is 387 g/mol. The molecule has 0 aliphatic rings. The molecule has 3 rings (SSSR count). The van der Waals surface area contributed by atoms with Crippen molar-refractivity contribution in [2.75, 3.05) is 14.2 Å². The predicted molar refractivity (Wildman–Crippen MR) is 97.3 cm³/mol. The molecule has 0 saturated heterocycles. The number of aryl methyl sites for hydroxylation is 1. The number of nitrogens with zero attached hydrogens (tertiary/aromatic N) is 3. The summed E-state index contributed by atoms with van der Waals surface area (Å²) in [5.74, 6) is 1.58. The highest BCUT2D eigenvalue weighted by molar-refractivity contribution is 5.91. The van der Waals surface area contributed by atoms with Crippen molar-refractivity contribution in [3.8, 4) is 22.9 Å². The fraction of sp³-hybridized carbons (Fsp3) is 0.368.